The molecule has 0 heterocycles. The summed E-state index contributed by atoms with van der Waals surface area (Å²) >= 11 is 0. The third-order valence-electron chi connectivity index (χ3n) is 11.7. The molecule has 0 spiro atoms. The van der Waals surface area contributed by atoms with E-state index in [0.717, 1.165) is 6.92 Å². The molecule has 0 aliphatic rings. The predicted octanol–water partition coefficient (Wildman–Crippen LogP) is -10.0. The molecule has 0 aromatic heterocycles. The molecular weight excluding hydrogens is 1110 g/mol. The Kier molecular flexibility index (Phi) is 34.5. The van der Waals surface area contributed by atoms with Gasteiger partial charge in [-0.3, -0.25) is 83.6 Å². The van der Waals surface area contributed by atoms with E-state index in [1.807, 2.05) is 0 Å². The molecule has 35 heteroatoms. The van der Waals surface area contributed by atoms with Crippen LogP contribution < -0.4 is 96.5 Å². The number of carbonyl (C=O) groups is 17. The molecule has 15 atom stereocenters. The topological polar surface area (TPSA) is 535 Å². The van der Waals surface area contributed by atoms with E-state index in [9.17, 15) is 81.5 Å². The van der Waals surface area contributed by atoms with E-state index in [-0.39, 0.29) is 25.2 Å². The van der Waals surface area contributed by atoms with Crippen molar-refractivity contribution in [1.29, 1.82) is 0 Å². The normalized spacial score (nSPS) is 16.3. The summed E-state index contributed by atoms with van der Waals surface area (Å²) in [6.45, 7) is 14.4. The first-order valence-electron chi connectivity index (χ1n) is 26.6. The van der Waals surface area contributed by atoms with Crippen LogP contribution in [0.4, 0.5) is 0 Å². The lowest BCUT2D eigenvalue weighted by Gasteiger charge is -2.30. The van der Waals surface area contributed by atoms with Crippen molar-refractivity contribution in [3.8, 4) is 0 Å². The highest BCUT2D eigenvalue weighted by Gasteiger charge is 2.35. The Morgan fingerprint density at radius 1 is 0.381 bits per heavy atom. The quantitative estimate of drug-likeness (QED) is 0.0200. The third kappa shape index (κ3) is 28.5. The summed E-state index contributed by atoms with van der Waals surface area (Å²) in [6.07, 6.45) is -6.35. The fourth-order valence-electron chi connectivity index (χ4n) is 6.77. The number of hydrogen-bond donors (Lipinski definition) is 18. The van der Waals surface area contributed by atoms with Crippen LogP contribution in [-0.2, 0) is 81.5 Å². The lowest BCUT2D eigenvalue weighted by atomic mass is 10.0. The van der Waals surface area contributed by atoms with Gasteiger partial charge in [0.2, 0.25) is 53.2 Å². The van der Waals surface area contributed by atoms with Crippen LogP contribution in [0.3, 0.4) is 0 Å². The number of carbonyl (C=O) groups excluding carboxylic acids is 17. The second-order valence-electron chi connectivity index (χ2n) is 19.9. The molecule has 472 valence electrons. The molecule has 0 rings (SSSR count). The number of likely N-dealkylation sites (N-methyl/N-ethyl adjacent to an activating group) is 1. The van der Waals surface area contributed by atoms with Gasteiger partial charge in [0, 0.05) is 13.5 Å². The molecule has 0 unspecified atom stereocenters. The van der Waals surface area contributed by atoms with E-state index >= 15 is 0 Å². The van der Waals surface area contributed by atoms with Gasteiger partial charge in [-0.05, 0) is 81.1 Å². The maximum atomic E-state index is 14.1. The molecular formula is C49H84N18O17. The van der Waals surface area contributed by atoms with Crippen LogP contribution in [0, 0.1) is 5.92 Å². The van der Waals surface area contributed by atoms with Gasteiger partial charge < -0.3 is 94.4 Å². The summed E-state index contributed by atoms with van der Waals surface area (Å²) in [5.74, 6) is -12.3. The number of nitrogens with one attached hydrogen (secondary N) is 16. The second-order valence-corrected chi connectivity index (χ2v) is 19.9. The molecule has 0 fully saturated rings. The molecule has 13 amide bonds. The summed E-state index contributed by atoms with van der Waals surface area (Å²) in [5, 5.41) is 38.0. The first kappa shape index (κ1) is 75.6. The molecule has 0 saturated carbocycles. The summed E-state index contributed by atoms with van der Waals surface area (Å²) in [5.41, 5.74) is 10.9. The van der Waals surface area contributed by atoms with E-state index in [0.29, 0.717) is 25.1 Å². The van der Waals surface area contributed by atoms with Gasteiger partial charge in [0.15, 0.2) is 24.7 Å². The first-order valence-corrected chi connectivity index (χ1v) is 26.6. The Hall–Kier alpha value is -8.41. The van der Waals surface area contributed by atoms with E-state index in [1.165, 1.54) is 62.4 Å². The molecule has 0 aliphatic carbocycles. The monoisotopic (exact) mass is 1200 g/mol. The van der Waals surface area contributed by atoms with Crippen molar-refractivity contribution >= 4 is 102 Å². The van der Waals surface area contributed by atoms with Crippen LogP contribution in [0.5, 0.6) is 0 Å². The Morgan fingerprint density at radius 3 is 1.02 bits per heavy atom. The average Bonchev–Trinajstić information content (AvgIpc) is 3.44. The lowest BCUT2D eigenvalue weighted by molar-refractivity contribution is -0.137. The van der Waals surface area contributed by atoms with Crippen LogP contribution in [0.25, 0.3) is 0 Å². The molecule has 20 N–H and O–H groups in total. The third-order valence-corrected chi connectivity index (χ3v) is 11.7. The second kappa shape index (κ2) is 38.4. The maximum Gasteiger partial charge on any atom is 0.259 e. The minimum Gasteiger partial charge on any atom is -0.370 e. The highest BCUT2D eigenvalue weighted by molar-refractivity contribution is 5.99. The number of rotatable bonds is 40. The van der Waals surface area contributed by atoms with Crippen molar-refractivity contribution in [1.82, 2.24) is 85.1 Å². The number of hydrogen-bond acceptors (Lipinski definition) is 22. The summed E-state index contributed by atoms with van der Waals surface area (Å²) < 4.78 is 0. The van der Waals surface area contributed by atoms with Gasteiger partial charge >= 0.3 is 0 Å². The van der Waals surface area contributed by atoms with Crippen LogP contribution in [0.15, 0.2) is 0 Å². The standard InChI is InChI=1S/C49H84N18O17/c1-21(2)17-32(20-71)63-37(67-48(83)36(65-38(73)23(4)50)62-31(19-70)13-14-33(51)72)49(84)66-35(54-22(3)18-69)47(82)61-29(10)44(79)59-30(11)45(80)64-34(53-15-16-68)46(81)60-28(9)43(78)58-27(8)42(77)57-26(7)41(76)56-25(6)40(75)55-24(5)39(74)52-12/h16,18-32,34-37,53-54,62-63H,13-15,17,50H2,1-12H3,(H2,51,72)(H,52,74)(H,55,75)(H,56,76)(H,57,77)(H,58,78)(H,59,79)(H,60,81)(H,61,82)(H,64,80)(H,65,73)(H,66,84)(H,67,83)/t22-,23-,24-,25-,26-,27-,28-,29-,30-,31+,32+,34-,35-,36-,37+/m0/s1. The summed E-state index contributed by atoms with van der Waals surface area (Å²) in [4.78, 5) is 216. The van der Waals surface area contributed by atoms with Gasteiger partial charge in [-0.2, -0.15) is 0 Å². The Balaban J connectivity index is 6.16. The molecule has 0 aliphatic heterocycles. The minimum atomic E-state index is -1.92. The van der Waals surface area contributed by atoms with Crippen LogP contribution in [-0.4, -0.2) is 207 Å². The van der Waals surface area contributed by atoms with Crippen LogP contribution in [0.2, 0.25) is 0 Å². The number of amides is 13. The van der Waals surface area contributed by atoms with Gasteiger partial charge in [-0.1, -0.05) is 13.8 Å². The zero-order valence-corrected chi connectivity index (χ0v) is 49.0. The van der Waals surface area contributed by atoms with Crippen molar-refractivity contribution < 1.29 is 81.5 Å². The Morgan fingerprint density at radius 2 is 0.690 bits per heavy atom. The molecule has 0 radical (unpaired) electrons. The molecule has 0 aromatic carbocycles. The smallest absolute Gasteiger partial charge is 0.259 e. The zero-order chi connectivity index (χ0) is 64.7. The van der Waals surface area contributed by atoms with Gasteiger partial charge in [0.1, 0.15) is 67.4 Å². The van der Waals surface area contributed by atoms with Gasteiger partial charge in [0.25, 0.3) is 23.6 Å². The van der Waals surface area contributed by atoms with E-state index in [1.54, 1.807) is 13.8 Å². The number of aldehydes is 4. The predicted molar refractivity (Wildman–Crippen MR) is 295 cm³/mol. The molecule has 0 saturated heterocycles. The van der Waals surface area contributed by atoms with E-state index < -0.39 is 174 Å². The Labute approximate surface area is 484 Å². The summed E-state index contributed by atoms with van der Waals surface area (Å²) in [7, 11) is 1.38. The van der Waals surface area contributed by atoms with Gasteiger partial charge in [-0.15, -0.1) is 0 Å². The van der Waals surface area contributed by atoms with Crippen LogP contribution >= 0.6 is 0 Å². The molecule has 0 bridgehead atoms. The maximum absolute atomic E-state index is 14.1. The zero-order valence-electron chi connectivity index (χ0n) is 49.0. The van der Waals surface area contributed by atoms with E-state index in [2.05, 4.69) is 85.1 Å². The van der Waals surface area contributed by atoms with Gasteiger partial charge in [-0.25, -0.2) is 0 Å². The largest absolute Gasteiger partial charge is 0.370 e. The van der Waals surface area contributed by atoms with Crippen molar-refractivity contribution in [2.75, 3.05) is 13.6 Å². The Bertz CT molecular complexity index is 2360. The van der Waals surface area contributed by atoms with Gasteiger partial charge in [0.05, 0.1) is 30.7 Å². The highest BCUT2D eigenvalue weighted by Crippen LogP contribution is 2.05. The fourth-order valence-corrected chi connectivity index (χ4v) is 6.77. The summed E-state index contributed by atoms with van der Waals surface area (Å²) in [6, 6.07) is -13.7. The first-order chi connectivity index (χ1) is 39.2. The minimum absolute atomic E-state index is 0.103. The van der Waals surface area contributed by atoms with E-state index in [4.69, 9.17) is 11.5 Å². The lowest BCUT2D eigenvalue weighted by Crippen LogP contribution is -2.68. The number of primary amides is 1. The van der Waals surface area contributed by atoms with Crippen molar-refractivity contribution in [3.05, 3.63) is 0 Å². The fraction of sp³-hybridized carbons (Fsp3) is 0.653. The highest BCUT2D eigenvalue weighted by atomic mass is 16.2. The SMILES string of the molecule is CNC(=O)[C@H](C)NC(=O)[C@H](C)NC(=O)[C@H](C)NC(=O)[C@H](C)NC(=O)[C@H](C)NC(=O)[C@@H](NCC=O)NC(=O)[C@H](C)NC(=O)[C@H](C)NC(=O)[C@H](NC(=O)[C@@H](NC(=O)[C@H](NC(=O)[C@H](C)N)N[C@@H](C=O)CCC(N)=O)N[C@@H](C=O)CC(C)C)N[C@@H](C)C=O. The molecule has 84 heavy (non-hydrogen) atoms. The molecule has 0 aromatic rings. The van der Waals surface area contributed by atoms with Crippen molar-refractivity contribution in [2.45, 2.75) is 187 Å². The molecule has 35 nitrogen and oxygen atoms in total. The van der Waals surface area contributed by atoms with Crippen LogP contribution in [0.1, 0.15) is 95.4 Å². The van der Waals surface area contributed by atoms with Crippen molar-refractivity contribution in [2.24, 2.45) is 17.4 Å². The average molecular weight is 1200 g/mol. The number of nitrogens with two attached hydrogens (primary N) is 2. The van der Waals surface area contributed by atoms with Crippen molar-refractivity contribution in [3.63, 3.8) is 0 Å².